The van der Waals surface area contributed by atoms with Gasteiger partial charge in [0, 0.05) is 6.42 Å². The number of hydrogen-bond acceptors (Lipinski definition) is 3. The van der Waals surface area contributed by atoms with Gasteiger partial charge in [0.2, 0.25) is 5.79 Å². The molecular formula is C5H6O3. The molecule has 0 aromatic rings. The lowest BCUT2D eigenvalue weighted by Gasteiger charge is -1.96. The second-order valence-electron chi connectivity index (χ2n) is 2.17. The fourth-order valence-corrected chi connectivity index (χ4v) is 0.886. The summed E-state index contributed by atoms with van der Waals surface area (Å²) in [5, 5.41) is 0. The summed E-state index contributed by atoms with van der Waals surface area (Å²) in [6.07, 6.45) is 1.28. The summed E-state index contributed by atoms with van der Waals surface area (Å²) in [5.74, 6) is -0.556. The van der Waals surface area contributed by atoms with E-state index in [1.807, 2.05) is 0 Å². The van der Waals surface area contributed by atoms with Crippen molar-refractivity contribution < 1.29 is 14.3 Å². The zero-order chi connectivity index (χ0) is 5.61. The maximum absolute atomic E-state index is 10.4. The maximum atomic E-state index is 10.4. The van der Waals surface area contributed by atoms with Crippen molar-refractivity contribution in [1.82, 2.24) is 0 Å². The van der Waals surface area contributed by atoms with Crippen LogP contribution in [0.1, 0.15) is 12.8 Å². The number of epoxide rings is 1. The second-order valence-corrected chi connectivity index (χ2v) is 2.17. The monoisotopic (exact) mass is 114 g/mol. The van der Waals surface area contributed by atoms with Crippen LogP contribution < -0.4 is 0 Å². The van der Waals surface area contributed by atoms with Crippen LogP contribution in [0.5, 0.6) is 0 Å². The highest BCUT2D eigenvalue weighted by atomic mass is 16.8. The van der Waals surface area contributed by atoms with Crippen molar-refractivity contribution in [3.63, 3.8) is 0 Å². The van der Waals surface area contributed by atoms with Crippen LogP contribution in [0, 0.1) is 0 Å². The molecule has 3 nitrogen and oxygen atoms in total. The van der Waals surface area contributed by atoms with Gasteiger partial charge >= 0.3 is 5.97 Å². The molecule has 0 radical (unpaired) electrons. The third-order valence-corrected chi connectivity index (χ3v) is 1.48. The molecule has 0 aromatic carbocycles. The quantitative estimate of drug-likeness (QED) is 0.330. The molecule has 2 aliphatic rings. The van der Waals surface area contributed by atoms with E-state index in [-0.39, 0.29) is 5.97 Å². The van der Waals surface area contributed by atoms with Crippen molar-refractivity contribution in [2.24, 2.45) is 0 Å². The summed E-state index contributed by atoms with van der Waals surface area (Å²) in [5.41, 5.74) is 0. The number of esters is 1. The van der Waals surface area contributed by atoms with E-state index >= 15 is 0 Å². The molecule has 1 spiro atoms. The minimum absolute atomic E-state index is 0.123. The van der Waals surface area contributed by atoms with Gasteiger partial charge in [-0.05, 0) is 0 Å². The molecule has 2 rings (SSSR count). The summed E-state index contributed by atoms with van der Waals surface area (Å²) >= 11 is 0. The molecular weight excluding hydrogens is 108 g/mol. The Morgan fingerprint density at radius 3 is 2.62 bits per heavy atom. The van der Waals surface area contributed by atoms with Gasteiger partial charge in [0.1, 0.15) is 6.61 Å². The van der Waals surface area contributed by atoms with Gasteiger partial charge in [-0.1, -0.05) is 0 Å². The van der Waals surface area contributed by atoms with Crippen LogP contribution >= 0.6 is 0 Å². The molecule has 0 aliphatic carbocycles. The second kappa shape index (κ2) is 1.05. The summed E-state index contributed by atoms with van der Waals surface area (Å²) in [4.78, 5) is 10.4. The van der Waals surface area contributed by atoms with Gasteiger partial charge in [-0.15, -0.1) is 0 Å². The van der Waals surface area contributed by atoms with Gasteiger partial charge in [-0.25, -0.2) is 0 Å². The van der Waals surface area contributed by atoms with Gasteiger partial charge in [-0.3, -0.25) is 4.79 Å². The predicted molar refractivity (Wildman–Crippen MR) is 24.0 cm³/mol. The zero-order valence-electron chi connectivity index (χ0n) is 4.35. The fourth-order valence-electron chi connectivity index (χ4n) is 0.886. The zero-order valence-corrected chi connectivity index (χ0v) is 4.35. The molecule has 0 aromatic heterocycles. The van der Waals surface area contributed by atoms with Crippen molar-refractivity contribution in [3.05, 3.63) is 0 Å². The molecule has 2 heterocycles. The van der Waals surface area contributed by atoms with Crippen molar-refractivity contribution in [2.75, 3.05) is 6.61 Å². The van der Waals surface area contributed by atoms with Crippen LogP contribution in [0.4, 0.5) is 0 Å². The minimum Gasteiger partial charge on any atom is -0.430 e. The Morgan fingerprint density at radius 2 is 2.38 bits per heavy atom. The van der Waals surface area contributed by atoms with E-state index in [0.717, 1.165) is 6.42 Å². The van der Waals surface area contributed by atoms with E-state index in [0.29, 0.717) is 13.0 Å². The highest BCUT2D eigenvalue weighted by molar-refractivity contribution is 5.72. The van der Waals surface area contributed by atoms with Crippen LogP contribution in [-0.4, -0.2) is 18.4 Å². The lowest BCUT2D eigenvalue weighted by molar-refractivity contribution is -0.147. The van der Waals surface area contributed by atoms with E-state index in [2.05, 4.69) is 0 Å². The molecule has 1 atom stereocenters. The van der Waals surface area contributed by atoms with Crippen molar-refractivity contribution >= 4 is 5.97 Å². The van der Waals surface area contributed by atoms with E-state index in [4.69, 9.17) is 9.47 Å². The van der Waals surface area contributed by atoms with Gasteiger partial charge in [0.25, 0.3) is 0 Å². The molecule has 0 saturated carbocycles. The first kappa shape index (κ1) is 4.32. The average molecular weight is 114 g/mol. The van der Waals surface area contributed by atoms with Gasteiger partial charge in [0.05, 0.1) is 6.42 Å². The number of ether oxygens (including phenoxy) is 2. The molecule has 2 aliphatic heterocycles. The first-order valence-corrected chi connectivity index (χ1v) is 2.67. The minimum atomic E-state index is -0.433. The lowest BCUT2D eigenvalue weighted by Crippen LogP contribution is -2.07. The SMILES string of the molecule is O=C1CCC2(CO2)O1. The standard InChI is InChI=1S/C5H6O3/c6-4-1-2-5(8-4)3-7-5/h1-3H2. The summed E-state index contributed by atoms with van der Waals surface area (Å²) < 4.78 is 9.68. The Morgan fingerprint density at radius 1 is 1.62 bits per heavy atom. The first-order valence-electron chi connectivity index (χ1n) is 2.67. The molecule has 2 fully saturated rings. The third-order valence-electron chi connectivity index (χ3n) is 1.48. The highest BCUT2D eigenvalue weighted by Gasteiger charge is 2.53. The van der Waals surface area contributed by atoms with Crippen molar-refractivity contribution in [1.29, 1.82) is 0 Å². The van der Waals surface area contributed by atoms with Crippen molar-refractivity contribution in [3.8, 4) is 0 Å². The summed E-state index contributed by atoms with van der Waals surface area (Å²) in [7, 11) is 0. The largest absolute Gasteiger partial charge is 0.430 e. The Balaban J connectivity index is 2.13. The third kappa shape index (κ3) is 0.448. The molecule has 44 valence electrons. The van der Waals surface area contributed by atoms with E-state index < -0.39 is 5.79 Å². The number of hydrogen-bond donors (Lipinski definition) is 0. The molecule has 0 N–H and O–H groups in total. The van der Waals surface area contributed by atoms with E-state index in [1.165, 1.54) is 0 Å². The Labute approximate surface area is 46.6 Å². The van der Waals surface area contributed by atoms with Crippen LogP contribution in [-0.2, 0) is 14.3 Å². The number of rotatable bonds is 0. The Hall–Kier alpha value is -0.570. The highest BCUT2D eigenvalue weighted by Crippen LogP contribution is 2.38. The van der Waals surface area contributed by atoms with E-state index in [9.17, 15) is 4.79 Å². The lowest BCUT2D eigenvalue weighted by atomic mass is 10.3. The Bertz CT molecular complexity index is 137. The van der Waals surface area contributed by atoms with Crippen LogP contribution in [0.2, 0.25) is 0 Å². The summed E-state index contributed by atoms with van der Waals surface area (Å²) in [6, 6.07) is 0. The van der Waals surface area contributed by atoms with Crippen LogP contribution in [0.25, 0.3) is 0 Å². The fraction of sp³-hybridized carbons (Fsp3) is 0.800. The van der Waals surface area contributed by atoms with Gasteiger partial charge < -0.3 is 9.47 Å². The molecule has 3 heteroatoms. The topological polar surface area (TPSA) is 38.8 Å². The van der Waals surface area contributed by atoms with E-state index in [1.54, 1.807) is 0 Å². The number of carbonyl (C=O) groups is 1. The van der Waals surface area contributed by atoms with Crippen LogP contribution in [0.15, 0.2) is 0 Å². The Kier molecular flexibility index (Phi) is 0.568. The molecule has 0 amide bonds. The maximum Gasteiger partial charge on any atom is 0.308 e. The predicted octanol–water partition coefficient (Wildman–Crippen LogP) is 0.0499. The number of carbonyl (C=O) groups excluding carboxylic acids is 1. The van der Waals surface area contributed by atoms with Gasteiger partial charge in [-0.2, -0.15) is 0 Å². The average Bonchev–Trinajstić information content (AvgIpc) is 2.34. The van der Waals surface area contributed by atoms with Crippen molar-refractivity contribution in [2.45, 2.75) is 18.6 Å². The normalized spacial score (nSPS) is 42.8. The van der Waals surface area contributed by atoms with Gasteiger partial charge in [0.15, 0.2) is 0 Å². The molecule has 8 heavy (non-hydrogen) atoms. The molecule has 0 bridgehead atoms. The first-order chi connectivity index (χ1) is 3.81. The van der Waals surface area contributed by atoms with Crippen LogP contribution in [0.3, 0.4) is 0 Å². The molecule has 1 unspecified atom stereocenters. The smallest absolute Gasteiger partial charge is 0.308 e. The molecule has 2 saturated heterocycles. The summed E-state index contributed by atoms with van der Waals surface area (Å²) in [6.45, 7) is 0.610.